The molecule has 0 aliphatic carbocycles. The van der Waals surface area contributed by atoms with Crippen LogP contribution in [0.25, 0.3) is 11.3 Å². The van der Waals surface area contributed by atoms with E-state index in [9.17, 15) is 14.7 Å². The molecule has 0 unspecified atom stereocenters. The zero-order chi connectivity index (χ0) is 13.0. The van der Waals surface area contributed by atoms with Crippen molar-refractivity contribution in [2.75, 3.05) is 5.75 Å². The average Bonchev–Trinajstić information content (AvgIpc) is 2.37. The normalized spacial score (nSPS) is 9.68. The minimum absolute atomic E-state index is 0. The molecule has 19 heavy (non-hydrogen) atoms. The maximum absolute atomic E-state index is 11.5. The SMILES string of the molecule is O=C([O-])CSc1nc(-c2ccccc2)cc(=O)[nH]1.[Na+]. The quantitative estimate of drug-likeness (QED) is 0.375. The number of nitrogens with zero attached hydrogens (tertiary/aromatic N) is 1. The minimum atomic E-state index is -1.20. The van der Waals surface area contributed by atoms with Gasteiger partial charge in [0, 0.05) is 17.4 Å². The number of nitrogens with one attached hydrogen (secondary N) is 1. The summed E-state index contributed by atoms with van der Waals surface area (Å²) in [4.78, 5) is 28.5. The van der Waals surface area contributed by atoms with Gasteiger partial charge < -0.3 is 14.9 Å². The molecule has 0 aliphatic rings. The van der Waals surface area contributed by atoms with Crippen LogP contribution in [-0.4, -0.2) is 21.7 Å². The first-order chi connectivity index (χ1) is 8.65. The molecule has 0 saturated heterocycles. The van der Waals surface area contributed by atoms with Gasteiger partial charge >= 0.3 is 29.6 Å². The molecule has 2 rings (SSSR count). The molecule has 0 spiro atoms. The number of carboxylic acids is 1. The first kappa shape index (κ1) is 16.0. The topological polar surface area (TPSA) is 85.9 Å². The second-order valence-electron chi connectivity index (χ2n) is 3.46. The Balaban J connectivity index is 0.00000180. The number of carboxylic acid groups (broad SMARTS) is 1. The fourth-order valence-corrected chi connectivity index (χ4v) is 1.98. The zero-order valence-electron chi connectivity index (χ0n) is 10.3. The van der Waals surface area contributed by atoms with Crippen LogP contribution in [0.1, 0.15) is 0 Å². The number of carbonyl (C=O) groups excluding carboxylic acids is 1. The van der Waals surface area contributed by atoms with Crippen LogP contribution in [-0.2, 0) is 4.79 Å². The molecule has 1 heterocycles. The molecule has 5 nitrogen and oxygen atoms in total. The molecule has 92 valence electrons. The van der Waals surface area contributed by atoms with Crippen LogP contribution in [0, 0.1) is 0 Å². The summed E-state index contributed by atoms with van der Waals surface area (Å²) in [6, 6.07) is 10.6. The molecular formula is C12H9N2NaO3S. The fraction of sp³-hybridized carbons (Fsp3) is 0.0833. The number of rotatable bonds is 4. The maximum atomic E-state index is 11.5. The third-order valence-electron chi connectivity index (χ3n) is 2.12. The Morgan fingerprint density at radius 3 is 2.63 bits per heavy atom. The maximum Gasteiger partial charge on any atom is 1.00 e. The Hall–Kier alpha value is -1.08. The summed E-state index contributed by atoms with van der Waals surface area (Å²) in [5, 5.41) is 10.6. The predicted octanol–water partition coefficient (Wildman–Crippen LogP) is -2.72. The van der Waals surface area contributed by atoms with Gasteiger partial charge in [-0.1, -0.05) is 42.1 Å². The Morgan fingerprint density at radius 1 is 1.32 bits per heavy atom. The van der Waals surface area contributed by atoms with E-state index in [-0.39, 0.29) is 46.0 Å². The standard InChI is InChI=1S/C12H10N2O3S.Na/c15-10-6-9(8-4-2-1-3-5-8)13-12(14-10)18-7-11(16)17;/h1-6H,7H2,(H,16,17)(H,13,14,15);/q;+1/p-1. The fourth-order valence-electron chi connectivity index (χ4n) is 1.39. The van der Waals surface area contributed by atoms with Gasteiger partial charge in [0.15, 0.2) is 5.16 Å². The van der Waals surface area contributed by atoms with E-state index in [4.69, 9.17) is 0 Å². The number of aromatic amines is 1. The molecule has 1 aromatic heterocycles. The second-order valence-corrected chi connectivity index (χ2v) is 4.43. The van der Waals surface area contributed by atoms with Crippen molar-refractivity contribution < 1.29 is 39.5 Å². The van der Waals surface area contributed by atoms with Crippen LogP contribution >= 0.6 is 11.8 Å². The van der Waals surface area contributed by atoms with Gasteiger partial charge in [-0.15, -0.1) is 0 Å². The molecule has 2 aromatic rings. The molecule has 0 saturated carbocycles. The van der Waals surface area contributed by atoms with Crippen LogP contribution in [0.2, 0.25) is 0 Å². The summed E-state index contributed by atoms with van der Waals surface area (Å²) in [6.07, 6.45) is 0. The van der Waals surface area contributed by atoms with E-state index in [0.717, 1.165) is 17.3 Å². The number of hydrogen-bond acceptors (Lipinski definition) is 5. The van der Waals surface area contributed by atoms with Gasteiger partial charge in [-0.25, -0.2) is 4.98 Å². The van der Waals surface area contributed by atoms with Gasteiger partial charge in [0.2, 0.25) is 0 Å². The van der Waals surface area contributed by atoms with Crippen molar-refractivity contribution in [3.05, 3.63) is 46.8 Å². The Kier molecular flexibility index (Phi) is 6.30. The Labute approximate surface area is 135 Å². The molecule has 1 N–H and O–H groups in total. The van der Waals surface area contributed by atoms with Gasteiger partial charge in [0.05, 0.1) is 11.7 Å². The van der Waals surface area contributed by atoms with E-state index in [1.807, 2.05) is 30.3 Å². The van der Waals surface area contributed by atoms with E-state index in [1.165, 1.54) is 6.07 Å². The van der Waals surface area contributed by atoms with E-state index in [1.54, 1.807) is 0 Å². The number of H-pyrrole nitrogens is 1. The van der Waals surface area contributed by atoms with Crippen LogP contribution in [0.4, 0.5) is 0 Å². The van der Waals surface area contributed by atoms with E-state index in [2.05, 4.69) is 9.97 Å². The summed E-state index contributed by atoms with van der Waals surface area (Å²) in [5.41, 5.74) is 1.00. The largest absolute Gasteiger partial charge is 1.00 e. The van der Waals surface area contributed by atoms with Crippen molar-refractivity contribution in [2.24, 2.45) is 0 Å². The van der Waals surface area contributed by atoms with Crippen molar-refractivity contribution in [3.8, 4) is 11.3 Å². The molecule has 0 aliphatic heterocycles. The summed E-state index contributed by atoms with van der Waals surface area (Å²) in [5.74, 6) is -1.45. The molecular weight excluding hydrogens is 275 g/mol. The number of aliphatic carboxylic acids is 1. The van der Waals surface area contributed by atoms with Gasteiger partial charge in [0.1, 0.15) is 0 Å². The minimum Gasteiger partial charge on any atom is -0.549 e. The van der Waals surface area contributed by atoms with Gasteiger partial charge in [0.25, 0.3) is 5.56 Å². The van der Waals surface area contributed by atoms with Crippen molar-refractivity contribution in [1.82, 2.24) is 9.97 Å². The van der Waals surface area contributed by atoms with Gasteiger partial charge in [-0.3, -0.25) is 4.79 Å². The van der Waals surface area contributed by atoms with Crippen molar-refractivity contribution in [3.63, 3.8) is 0 Å². The third-order valence-corrected chi connectivity index (χ3v) is 2.96. The number of hydrogen-bond donors (Lipinski definition) is 1. The molecule has 0 atom stereocenters. The van der Waals surface area contributed by atoms with Crippen LogP contribution in [0.3, 0.4) is 0 Å². The molecule has 0 radical (unpaired) electrons. The number of benzene rings is 1. The van der Waals surface area contributed by atoms with Crippen molar-refractivity contribution in [1.29, 1.82) is 0 Å². The number of thioether (sulfide) groups is 1. The molecule has 0 fully saturated rings. The van der Waals surface area contributed by atoms with Crippen molar-refractivity contribution >= 4 is 17.7 Å². The van der Waals surface area contributed by atoms with Crippen LogP contribution < -0.4 is 40.2 Å². The van der Waals surface area contributed by atoms with E-state index >= 15 is 0 Å². The van der Waals surface area contributed by atoms with Gasteiger partial charge in [-0.2, -0.15) is 0 Å². The smallest absolute Gasteiger partial charge is 0.549 e. The van der Waals surface area contributed by atoms with Crippen LogP contribution in [0.15, 0.2) is 46.3 Å². The monoisotopic (exact) mass is 284 g/mol. The summed E-state index contributed by atoms with van der Waals surface area (Å²) in [6.45, 7) is 0. The van der Waals surface area contributed by atoms with E-state index in [0.29, 0.717) is 5.69 Å². The molecule has 0 amide bonds. The average molecular weight is 284 g/mol. The van der Waals surface area contributed by atoms with Gasteiger partial charge in [-0.05, 0) is 0 Å². The van der Waals surface area contributed by atoms with E-state index < -0.39 is 5.97 Å². The molecule has 7 heteroatoms. The van der Waals surface area contributed by atoms with Crippen LogP contribution in [0.5, 0.6) is 0 Å². The third kappa shape index (κ3) is 4.83. The predicted molar refractivity (Wildman–Crippen MR) is 66.0 cm³/mol. The summed E-state index contributed by atoms with van der Waals surface area (Å²) >= 11 is 0.923. The first-order valence-electron chi connectivity index (χ1n) is 5.14. The summed E-state index contributed by atoms with van der Waals surface area (Å²) < 4.78 is 0. The molecule has 0 bridgehead atoms. The number of carbonyl (C=O) groups is 1. The zero-order valence-corrected chi connectivity index (χ0v) is 13.1. The second kappa shape index (κ2) is 7.49. The first-order valence-corrected chi connectivity index (χ1v) is 6.13. The summed E-state index contributed by atoms with van der Waals surface area (Å²) in [7, 11) is 0. The van der Waals surface area contributed by atoms with Crippen molar-refractivity contribution in [2.45, 2.75) is 5.16 Å². The number of aromatic nitrogens is 2. The Morgan fingerprint density at radius 2 is 2.00 bits per heavy atom. The Bertz CT molecular complexity index is 616. The molecule has 1 aromatic carbocycles.